The zero-order chi connectivity index (χ0) is 19.8. The van der Waals surface area contributed by atoms with E-state index in [4.69, 9.17) is 0 Å². The number of aryl methyl sites for hydroxylation is 2. The zero-order valence-electron chi connectivity index (χ0n) is 15.9. The van der Waals surface area contributed by atoms with Gasteiger partial charge in [0.2, 0.25) is 0 Å². The van der Waals surface area contributed by atoms with Crippen LogP contribution < -0.4 is 0 Å². The van der Waals surface area contributed by atoms with E-state index in [1.54, 1.807) is 12.1 Å². The standard InChI is InChI=1S/C25H25FO2/c26-24-12-5-4-11-23(24)21-16-13-20(14-17-21)15-18-22(25(27)28)10-6-9-19-7-2-1-3-8-19/h1-5,7-8,11-14,16-17,22H,6,9-10,15,18H2,(H,27,28). The first-order chi connectivity index (χ1) is 13.6. The lowest BCUT2D eigenvalue weighted by Gasteiger charge is -2.13. The maximum absolute atomic E-state index is 13.9. The van der Waals surface area contributed by atoms with Gasteiger partial charge < -0.3 is 5.11 Å². The molecule has 0 saturated heterocycles. The van der Waals surface area contributed by atoms with E-state index in [2.05, 4.69) is 12.1 Å². The van der Waals surface area contributed by atoms with Gasteiger partial charge >= 0.3 is 5.97 Å². The zero-order valence-corrected chi connectivity index (χ0v) is 15.9. The molecule has 28 heavy (non-hydrogen) atoms. The Morgan fingerprint density at radius 2 is 1.43 bits per heavy atom. The molecule has 0 aromatic heterocycles. The van der Waals surface area contributed by atoms with Crippen molar-refractivity contribution in [3.05, 3.63) is 95.8 Å². The highest BCUT2D eigenvalue weighted by Crippen LogP contribution is 2.24. The minimum absolute atomic E-state index is 0.236. The van der Waals surface area contributed by atoms with Gasteiger partial charge in [-0.05, 0) is 54.9 Å². The highest BCUT2D eigenvalue weighted by molar-refractivity contribution is 5.70. The van der Waals surface area contributed by atoms with Crippen LogP contribution in [-0.2, 0) is 17.6 Å². The molecule has 0 aliphatic heterocycles. The molecule has 0 aliphatic rings. The van der Waals surface area contributed by atoms with Gasteiger partial charge in [0, 0.05) is 5.56 Å². The highest BCUT2D eigenvalue weighted by atomic mass is 19.1. The third-order valence-electron chi connectivity index (χ3n) is 5.13. The fourth-order valence-electron chi connectivity index (χ4n) is 3.48. The fraction of sp³-hybridized carbons (Fsp3) is 0.240. The smallest absolute Gasteiger partial charge is 0.306 e. The van der Waals surface area contributed by atoms with Crippen LogP contribution in [0.15, 0.2) is 78.9 Å². The molecule has 0 fully saturated rings. The molecule has 3 aromatic carbocycles. The van der Waals surface area contributed by atoms with E-state index in [9.17, 15) is 14.3 Å². The van der Waals surface area contributed by atoms with Crippen molar-refractivity contribution in [1.29, 1.82) is 0 Å². The summed E-state index contributed by atoms with van der Waals surface area (Å²) in [6, 6.07) is 24.6. The Hall–Kier alpha value is -2.94. The molecule has 0 radical (unpaired) electrons. The van der Waals surface area contributed by atoms with Gasteiger partial charge in [-0.25, -0.2) is 4.39 Å². The predicted molar refractivity (Wildman–Crippen MR) is 111 cm³/mol. The van der Waals surface area contributed by atoms with E-state index < -0.39 is 5.97 Å². The van der Waals surface area contributed by atoms with Crippen molar-refractivity contribution in [3.63, 3.8) is 0 Å². The van der Waals surface area contributed by atoms with Gasteiger partial charge in [0.05, 0.1) is 5.92 Å². The number of hydrogen-bond donors (Lipinski definition) is 1. The molecule has 0 bridgehead atoms. The van der Waals surface area contributed by atoms with Crippen molar-refractivity contribution < 1.29 is 14.3 Å². The SMILES string of the molecule is O=C(O)C(CCCc1ccccc1)CCc1ccc(-c2ccccc2F)cc1. The highest BCUT2D eigenvalue weighted by Gasteiger charge is 2.17. The van der Waals surface area contributed by atoms with E-state index in [0.717, 1.165) is 24.0 Å². The summed E-state index contributed by atoms with van der Waals surface area (Å²) in [6.07, 6.45) is 3.77. The van der Waals surface area contributed by atoms with Gasteiger partial charge in [0.1, 0.15) is 5.82 Å². The minimum Gasteiger partial charge on any atom is -0.481 e. The van der Waals surface area contributed by atoms with Crippen molar-refractivity contribution in [2.45, 2.75) is 32.1 Å². The number of benzene rings is 3. The van der Waals surface area contributed by atoms with E-state index >= 15 is 0 Å². The normalized spacial score (nSPS) is 11.9. The number of carbonyl (C=O) groups is 1. The summed E-state index contributed by atoms with van der Waals surface area (Å²) in [5.41, 5.74) is 3.74. The van der Waals surface area contributed by atoms with Gasteiger partial charge in [-0.3, -0.25) is 4.79 Å². The summed E-state index contributed by atoms with van der Waals surface area (Å²) in [4.78, 5) is 11.6. The van der Waals surface area contributed by atoms with Crippen LogP contribution in [0.4, 0.5) is 4.39 Å². The largest absolute Gasteiger partial charge is 0.481 e. The Balaban J connectivity index is 1.53. The quantitative estimate of drug-likeness (QED) is 0.486. The van der Waals surface area contributed by atoms with Crippen molar-refractivity contribution in [2.75, 3.05) is 0 Å². The first-order valence-electron chi connectivity index (χ1n) is 9.74. The molecule has 2 nitrogen and oxygen atoms in total. The number of carboxylic acids is 1. The Labute approximate surface area is 165 Å². The van der Waals surface area contributed by atoms with Gasteiger partial charge in [0.25, 0.3) is 0 Å². The summed E-state index contributed by atoms with van der Waals surface area (Å²) < 4.78 is 13.9. The monoisotopic (exact) mass is 376 g/mol. The van der Waals surface area contributed by atoms with Crippen LogP contribution in [0.5, 0.6) is 0 Å². The predicted octanol–water partition coefficient (Wildman–Crippen LogP) is 6.15. The second-order valence-electron chi connectivity index (χ2n) is 7.13. The summed E-state index contributed by atoms with van der Waals surface area (Å²) in [5, 5.41) is 9.53. The first kappa shape index (κ1) is 19.8. The number of hydrogen-bond acceptors (Lipinski definition) is 1. The lowest BCUT2D eigenvalue weighted by molar-refractivity contribution is -0.142. The molecule has 3 heteroatoms. The average molecular weight is 376 g/mol. The molecule has 0 heterocycles. The average Bonchev–Trinajstić information content (AvgIpc) is 2.72. The lowest BCUT2D eigenvalue weighted by Crippen LogP contribution is -2.15. The second-order valence-corrected chi connectivity index (χ2v) is 7.13. The molecule has 1 atom stereocenters. The molecule has 3 rings (SSSR count). The number of aliphatic carboxylic acids is 1. The number of carboxylic acid groups (broad SMARTS) is 1. The van der Waals surface area contributed by atoms with Crippen LogP contribution in [0.1, 0.15) is 30.4 Å². The topological polar surface area (TPSA) is 37.3 Å². The molecule has 0 amide bonds. The molecule has 1 unspecified atom stereocenters. The third kappa shape index (κ3) is 5.53. The summed E-state index contributed by atoms with van der Waals surface area (Å²) in [6.45, 7) is 0. The Bertz CT molecular complexity index is 888. The van der Waals surface area contributed by atoms with Crippen LogP contribution in [0.25, 0.3) is 11.1 Å². The third-order valence-corrected chi connectivity index (χ3v) is 5.13. The lowest BCUT2D eigenvalue weighted by atomic mass is 9.93. The Morgan fingerprint density at radius 1 is 0.786 bits per heavy atom. The number of halogens is 1. The summed E-state index contributed by atoms with van der Waals surface area (Å²) in [5.74, 6) is -1.30. The van der Waals surface area contributed by atoms with Crippen LogP contribution in [0.2, 0.25) is 0 Å². The van der Waals surface area contributed by atoms with Crippen molar-refractivity contribution in [3.8, 4) is 11.1 Å². The first-order valence-corrected chi connectivity index (χ1v) is 9.74. The van der Waals surface area contributed by atoms with E-state index in [-0.39, 0.29) is 11.7 Å². The fourth-order valence-corrected chi connectivity index (χ4v) is 3.48. The summed E-state index contributed by atoms with van der Waals surface area (Å²) in [7, 11) is 0. The van der Waals surface area contributed by atoms with Crippen molar-refractivity contribution in [2.24, 2.45) is 5.92 Å². The second kappa shape index (κ2) is 9.84. The van der Waals surface area contributed by atoms with Crippen molar-refractivity contribution in [1.82, 2.24) is 0 Å². The van der Waals surface area contributed by atoms with Crippen molar-refractivity contribution >= 4 is 5.97 Å². The Morgan fingerprint density at radius 3 is 2.11 bits per heavy atom. The van der Waals surface area contributed by atoms with Gasteiger partial charge in [-0.15, -0.1) is 0 Å². The molecular weight excluding hydrogens is 351 g/mol. The molecule has 144 valence electrons. The van der Waals surface area contributed by atoms with E-state index in [1.165, 1.54) is 11.6 Å². The van der Waals surface area contributed by atoms with Crippen LogP contribution in [0, 0.1) is 11.7 Å². The molecule has 0 aliphatic carbocycles. The maximum atomic E-state index is 13.9. The minimum atomic E-state index is -0.726. The number of rotatable bonds is 9. The molecular formula is C25H25FO2. The summed E-state index contributed by atoms with van der Waals surface area (Å²) >= 11 is 0. The maximum Gasteiger partial charge on any atom is 0.306 e. The van der Waals surface area contributed by atoms with Crippen LogP contribution in [0.3, 0.4) is 0 Å². The van der Waals surface area contributed by atoms with E-state index in [1.807, 2.05) is 48.5 Å². The van der Waals surface area contributed by atoms with Gasteiger partial charge in [-0.2, -0.15) is 0 Å². The van der Waals surface area contributed by atoms with Crippen LogP contribution in [-0.4, -0.2) is 11.1 Å². The van der Waals surface area contributed by atoms with Gasteiger partial charge in [-0.1, -0.05) is 72.8 Å². The molecule has 1 N–H and O–H groups in total. The van der Waals surface area contributed by atoms with Crippen LogP contribution >= 0.6 is 0 Å². The molecule has 0 spiro atoms. The Kier molecular flexibility index (Phi) is 6.96. The molecule has 3 aromatic rings. The van der Waals surface area contributed by atoms with E-state index in [0.29, 0.717) is 24.8 Å². The van der Waals surface area contributed by atoms with Gasteiger partial charge in [0.15, 0.2) is 0 Å². The molecule has 0 saturated carbocycles.